The van der Waals surface area contributed by atoms with Gasteiger partial charge in [-0.15, -0.1) is 53.6 Å². The van der Waals surface area contributed by atoms with Crippen molar-refractivity contribution in [2.45, 2.75) is 86.3 Å². The molecule has 9 aromatic carbocycles. The van der Waals surface area contributed by atoms with Crippen molar-refractivity contribution in [2.24, 2.45) is 5.41 Å². The molecule has 0 saturated carbocycles. The van der Waals surface area contributed by atoms with Gasteiger partial charge in [0.1, 0.15) is 5.58 Å². The number of hydrogen-bond donors (Lipinski definition) is 0. The summed E-state index contributed by atoms with van der Waals surface area (Å²) in [6.45, 7) is 22.0. The van der Waals surface area contributed by atoms with Crippen LogP contribution in [-0.4, -0.2) is 22.6 Å². The summed E-state index contributed by atoms with van der Waals surface area (Å²) in [5, 5.41) is 9.78. The third-order valence-electron chi connectivity index (χ3n) is 14.0. The maximum Gasteiger partial charge on any atom is 0.121 e. The summed E-state index contributed by atoms with van der Waals surface area (Å²) in [5.74, 6) is 1.09. The molecular formula is C68H63IrN3OSi-2. The Morgan fingerprint density at radius 2 is 1.30 bits per heavy atom. The van der Waals surface area contributed by atoms with Crippen molar-refractivity contribution in [1.29, 1.82) is 0 Å². The van der Waals surface area contributed by atoms with Gasteiger partial charge in [-0.05, 0) is 108 Å². The molecule has 74 heavy (non-hydrogen) atoms. The molecule has 0 aliphatic carbocycles. The predicted molar refractivity (Wildman–Crippen MR) is 313 cm³/mol. The van der Waals surface area contributed by atoms with Gasteiger partial charge < -0.3 is 14.0 Å². The fourth-order valence-corrected chi connectivity index (χ4v) is 11.4. The van der Waals surface area contributed by atoms with Gasteiger partial charge in [-0.3, -0.25) is 4.98 Å². The van der Waals surface area contributed by atoms with Crippen LogP contribution in [-0.2, 0) is 26.5 Å². The van der Waals surface area contributed by atoms with Crippen LogP contribution in [0.4, 0.5) is 0 Å². The topological polar surface area (TPSA) is 43.9 Å². The summed E-state index contributed by atoms with van der Waals surface area (Å²) in [5.41, 5.74) is 11.8. The minimum absolute atomic E-state index is 0. The molecule has 0 N–H and O–H groups in total. The Kier molecular flexibility index (Phi) is 13.0. The number of furan rings is 1. The van der Waals surface area contributed by atoms with Crippen molar-refractivity contribution in [1.82, 2.24) is 14.5 Å². The zero-order valence-corrected chi connectivity index (χ0v) is 47.4. The van der Waals surface area contributed by atoms with Crippen molar-refractivity contribution in [3.63, 3.8) is 0 Å². The van der Waals surface area contributed by atoms with Crippen molar-refractivity contribution in [2.75, 3.05) is 0 Å². The van der Waals surface area contributed by atoms with Gasteiger partial charge in [-0.2, -0.15) is 0 Å². The molecule has 4 nitrogen and oxygen atoms in total. The minimum Gasteiger partial charge on any atom is -0.501 e. The van der Waals surface area contributed by atoms with Crippen LogP contribution >= 0.6 is 0 Å². The quantitative estimate of drug-likeness (QED) is 0.0865. The molecule has 0 saturated heterocycles. The molecule has 0 amide bonds. The smallest absolute Gasteiger partial charge is 0.121 e. The van der Waals surface area contributed by atoms with Gasteiger partial charge in [0.05, 0.1) is 30.5 Å². The number of pyridine rings is 1. The summed E-state index contributed by atoms with van der Waals surface area (Å²) >= 11 is 0. The van der Waals surface area contributed by atoms with Gasteiger partial charge in [-0.1, -0.05) is 195 Å². The largest absolute Gasteiger partial charge is 0.501 e. The fraction of sp³-hybridized carbons (Fsp3) is 0.206. The van der Waals surface area contributed by atoms with Crippen LogP contribution in [0.15, 0.2) is 180 Å². The standard InChI is InChI=1S/C54H47N2O.C14H16NSi.Ir/c1-32(2)43-28-39(34-15-9-8-10-16-34)29-44(33(3)4)50(43)56-51-41-20-14-12-18-36(41)24-26-47(51)55-53(56)42-25-23-38(31-54(5,6)7)49-46-27-37-22-21-35-17-11-13-19-40(35)45(37)30-48(46)57-52(42)49;1-16(2,3)13-9-10-14(15-11-13)12-7-5-4-6-8-12;/h8-24,26-30,32-33H,31H2,1-7H3;4-7,9-11H,1-3H3;/q2*-1;/i31D2;;. The Bertz CT molecular complexity index is 4080. The van der Waals surface area contributed by atoms with E-state index in [1.165, 1.54) is 27.4 Å². The van der Waals surface area contributed by atoms with Gasteiger partial charge in [0.2, 0.25) is 0 Å². The number of hydrogen-bond acceptors (Lipinski definition) is 3. The van der Waals surface area contributed by atoms with Crippen molar-refractivity contribution in [3.05, 3.63) is 205 Å². The maximum atomic E-state index is 9.64. The Morgan fingerprint density at radius 3 is 1.95 bits per heavy atom. The van der Waals surface area contributed by atoms with Crippen LogP contribution < -0.4 is 5.19 Å². The molecule has 0 fully saturated rings. The van der Waals surface area contributed by atoms with Crippen molar-refractivity contribution >= 4 is 78.5 Å². The van der Waals surface area contributed by atoms with Crippen LogP contribution in [0, 0.1) is 17.5 Å². The molecule has 6 heteroatoms. The molecule has 0 aliphatic rings. The summed E-state index contributed by atoms with van der Waals surface area (Å²) in [4.78, 5) is 10.0. The molecular weight excluding hydrogens is 1100 g/mol. The molecule has 1 radical (unpaired) electrons. The number of aromatic nitrogens is 3. The van der Waals surface area contributed by atoms with E-state index in [-0.39, 0.29) is 31.9 Å². The number of nitrogens with zero attached hydrogens (tertiary/aromatic N) is 3. The molecule has 12 rings (SSSR count). The third-order valence-corrected chi connectivity index (χ3v) is 16.1. The van der Waals surface area contributed by atoms with E-state index in [1.54, 1.807) is 0 Å². The van der Waals surface area contributed by atoms with Gasteiger partial charge in [0.25, 0.3) is 0 Å². The summed E-state index contributed by atoms with van der Waals surface area (Å²) in [6.07, 6.45) is 0.303. The van der Waals surface area contributed by atoms with Crippen LogP contribution in [0.1, 0.15) is 79.7 Å². The van der Waals surface area contributed by atoms with E-state index < -0.39 is 19.9 Å². The Hall–Kier alpha value is -6.95. The van der Waals surface area contributed by atoms with E-state index >= 15 is 0 Å². The van der Waals surface area contributed by atoms with E-state index in [1.807, 2.05) is 57.3 Å². The SMILES string of the molecule is C[Si](C)(C)c1ccc(-c2[c-]cccc2)nc1.[2H]C([2H])(c1c[c-]c(-c2nc3ccc4ccccc4c3n2-c2c(C(C)C)cc(-c3ccccc3)cc2C(C)C)c2oc3cc4c(ccc5ccccc54)cc3c12)C(C)(C)C.[Ir]. The first-order chi connectivity index (χ1) is 35.9. The molecule has 0 unspecified atom stereocenters. The summed E-state index contributed by atoms with van der Waals surface area (Å²) in [6, 6.07) is 66.2. The van der Waals surface area contributed by atoms with E-state index in [0.717, 1.165) is 76.9 Å². The fourth-order valence-electron chi connectivity index (χ4n) is 10.4. The Labute approximate surface area is 453 Å². The van der Waals surface area contributed by atoms with Gasteiger partial charge in [-0.25, -0.2) is 0 Å². The molecule has 0 atom stereocenters. The second-order valence-corrected chi connectivity index (χ2v) is 27.3. The van der Waals surface area contributed by atoms with Crippen molar-refractivity contribution < 1.29 is 27.3 Å². The van der Waals surface area contributed by atoms with Gasteiger partial charge >= 0.3 is 0 Å². The van der Waals surface area contributed by atoms with Crippen LogP contribution in [0.2, 0.25) is 19.6 Å². The summed E-state index contributed by atoms with van der Waals surface area (Å²) < 4.78 is 28.8. The Morgan fingerprint density at radius 1 is 0.649 bits per heavy atom. The van der Waals surface area contributed by atoms with E-state index in [2.05, 4.69) is 209 Å². The zero-order valence-electron chi connectivity index (χ0n) is 46.0. The third kappa shape index (κ3) is 9.56. The minimum atomic E-state index is -1.71. The first-order valence-corrected chi connectivity index (χ1v) is 29.2. The second-order valence-electron chi connectivity index (χ2n) is 22.2. The zero-order chi connectivity index (χ0) is 52.6. The normalized spacial score (nSPS) is 12.7. The average molecular weight is 1160 g/mol. The van der Waals surface area contributed by atoms with Crippen LogP contribution in [0.5, 0.6) is 0 Å². The summed E-state index contributed by atoms with van der Waals surface area (Å²) in [7, 11) is -1.23. The maximum absolute atomic E-state index is 9.64. The molecule has 3 heterocycles. The van der Waals surface area contributed by atoms with Crippen LogP contribution in [0.25, 0.3) is 105 Å². The van der Waals surface area contributed by atoms with E-state index in [4.69, 9.17) is 9.40 Å². The molecule has 371 valence electrons. The molecule has 3 aromatic heterocycles. The molecule has 0 bridgehead atoms. The number of imidazole rings is 1. The first-order valence-electron chi connectivity index (χ1n) is 26.7. The molecule has 0 spiro atoms. The molecule has 0 aliphatic heterocycles. The number of benzene rings is 9. The van der Waals surface area contributed by atoms with E-state index in [0.29, 0.717) is 22.3 Å². The second kappa shape index (κ2) is 20.1. The van der Waals surface area contributed by atoms with E-state index in [9.17, 15) is 2.74 Å². The van der Waals surface area contributed by atoms with Crippen molar-refractivity contribution in [3.8, 4) is 39.5 Å². The average Bonchev–Trinajstić information content (AvgIpc) is 4.04. The number of fused-ring (bicyclic) bond motifs is 9. The van der Waals surface area contributed by atoms with Gasteiger partial charge in [0.15, 0.2) is 0 Å². The predicted octanol–water partition coefficient (Wildman–Crippen LogP) is 18.4. The Balaban J connectivity index is 0.000000331. The monoisotopic (exact) mass is 1160 g/mol. The van der Waals surface area contributed by atoms with Crippen LogP contribution in [0.3, 0.4) is 0 Å². The molecule has 12 aromatic rings. The van der Waals surface area contributed by atoms with Gasteiger partial charge in [0, 0.05) is 45.5 Å². The first kappa shape index (κ1) is 48.0. The number of rotatable bonds is 8.